The molecule has 0 radical (unpaired) electrons. The van der Waals surface area contributed by atoms with E-state index in [1.807, 2.05) is 19.1 Å². The van der Waals surface area contributed by atoms with Crippen molar-refractivity contribution in [3.05, 3.63) is 50.5 Å². The van der Waals surface area contributed by atoms with E-state index in [-0.39, 0.29) is 11.5 Å². The van der Waals surface area contributed by atoms with Crippen LogP contribution in [0.1, 0.15) is 41.9 Å². The van der Waals surface area contributed by atoms with E-state index < -0.39 is 5.97 Å². The van der Waals surface area contributed by atoms with Crippen LogP contribution in [0, 0.1) is 20.8 Å². The van der Waals surface area contributed by atoms with Crippen LogP contribution in [0.25, 0.3) is 6.08 Å². The van der Waals surface area contributed by atoms with Crippen LogP contribution in [0.2, 0.25) is 0 Å². The number of thiophene rings is 1. The highest BCUT2D eigenvalue weighted by atomic mass is 32.1. The molecule has 1 N–H and O–H groups in total. The number of aromatic amines is 1. The first-order valence-corrected chi connectivity index (χ1v) is 6.91. The van der Waals surface area contributed by atoms with Gasteiger partial charge in [0.25, 0.3) is 0 Å². The lowest BCUT2D eigenvalue weighted by Crippen LogP contribution is -2.23. The Balaban J connectivity index is 2.30. The van der Waals surface area contributed by atoms with Gasteiger partial charge in [0, 0.05) is 21.0 Å². The predicted octanol–water partition coefficient (Wildman–Crippen LogP) is 2.26. The number of aryl methyl sites for hydroxylation is 2. The second kappa shape index (κ2) is 5.46. The van der Waals surface area contributed by atoms with Gasteiger partial charge in [-0.15, -0.1) is 11.3 Å². The van der Waals surface area contributed by atoms with Gasteiger partial charge in [-0.2, -0.15) is 0 Å². The molecule has 0 unspecified atom stereocenters. The fourth-order valence-corrected chi connectivity index (χ4v) is 2.89. The molecule has 0 amide bonds. The van der Waals surface area contributed by atoms with Gasteiger partial charge in [0.1, 0.15) is 0 Å². The standard InChI is InChI=1S/C15H15NO3S/c1-8-4-5-11(20-8)6-7-12(17)13-9(2)14(15(18)19)16-10(13)3/h4-7,16H,1-3H3,(H,18,19)/p-1/b7-6+. The van der Waals surface area contributed by atoms with E-state index >= 15 is 0 Å². The van der Waals surface area contributed by atoms with Gasteiger partial charge in [0.05, 0.1) is 11.7 Å². The molecule has 2 aromatic heterocycles. The van der Waals surface area contributed by atoms with E-state index in [2.05, 4.69) is 4.98 Å². The van der Waals surface area contributed by atoms with Crippen LogP contribution in [0.5, 0.6) is 0 Å². The van der Waals surface area contributed by atoms with Crippen molar-refractivity contribution in [3.63, 3.8) is 0 Å². The Labute approximate surface area is 120 Å². The minimum Gasteiger partial charge on any atom is -0.543 e. The van der Waals surface area contributed by atoms with Gasteiger partial charge in [-0.3, -0.25) is 4.79 Å². The van der Waals surface area contributed by atoms with Gasteiger partial charge in [-0.1, -0.05) is 0 Å². The van der Waals surface area contributed by atoms with Gasteiger partial charge < -0.3 is 14.9 Å². The van der Waals surface area contributed by atoms with E-state index in [4.69, 9.17) is 0 Å². The summed E-state index contributed by atoms with van der Waals surface area (Å²) in [6.07, 6.45) is 3.21. The second-order valence-electron chi connectivity index (χ2n) is 4.56. The van der Waals surface area contributed by atoms with Crippen LogP contribution in [0.15, 0.2) is 18.2 Å². The number of carboxylic acid groups (broad SMARTS) is 1. The third-order valence-electron chi connectivity index (χ3n) is 3.05. The van der Waals surface area contributed by atoms with Crippen molar-refractivity contribution >= 4 is 29.2 Å². The molecule has 5 heteroatoms. The van der Waals surface area contributed by atoms with Crippen LogP contribution in [-0.4, -0.2) is 16.7 Å². The Morgan fingerprint density at radius 3 is 2.45 bits per heavy atom. The maximum atomic E-state index is 12.2. The maximum absolute atomic E-state index is 12.2. The molecule has 0 bridgehead atoms. The molecule has 2 rings (SSSR count). The Hall–Kier alpha value is -2.14. The average molecular weight is 288 g/mol. The lowest BCUT2D eigenvalue weighted by molar-refractivity contribution is -0.255. The number of carboxylic acids is 1. The second-order valence-corrected chi connectivity index (χ2v) is 5.88. The van der Waals surface area contributed by atoms with Gasteiger partial charge in [-0.05, 0) is 50.6 Å². The average Bonchev–Trinajstić information content (AvgIpc) is 2.91. The fraction of sp³-hybridized carbons (Fsp3) is 0.200. The van der Waals surface area contributed by atoms with E-state index in [0.29, 0.717) is 16.8 Å². The number of aromatic carboxylic acids is 1. The first kappa shape index (κ1) is 14.3. The van der Waals surface area contributed by atoms with Crippen molar-refractivity contribution in [3.8, 4) is 0 Å². The quantitative estimate of drug-likeness (QED) is 0.693. The van der Waals surface area contributed by atoms with E-state index in [1.165, 1.54) is 11.0 Å². The zero-order valence-corrected chi connectivity index (χ0v) is 12.3. The molecule has 0 saturated carbocycles. The van der Waals surface area contributed by atoms with Crippen molar-refractivity contribution in [2.24, 2.45) is 0 Å². The van der Waals surface area contributed by atoms with Crippen LogP contribution < -0.4 is 5.11 Å². The lowest BCUT2D eigenvalue weighted by Gasteiger charge is -2.00. The van der Waals surface area contributed by atoms with Gasteiger partial charge in [0.15, 0.2) is 5.78 Å². The zero-order valence-electron chi connectivity index (χ0n) is 11.4. The van der Waals surface area contributed by atoms with Gasteiger partial charge >= 0.3 is 0 Å². The smallest absolute Gasteiger partial charge is 0.187 e. The summed E-state index contributed by atoms with van der Waals surface area (Å²) in [5, 5.41) is 10.9. The van der Waals surface area contributed by atoms with Crippen molar-refractivity contribution in [1.29, 1.82) is 0 Å². The molecule has 2 aromatic rings. The summed E-state index contributed by atoms with van der Waals surface area (Å²) in [4.78, 5) is 27.9. The molecule has 104 valence electrons. The first-order chi connectivity index (χ1) is 9.40. The van der Waals surface area contributed by atoms with Crippen LogP contribution >= 0.6 is 11.3 Å². The molecule has 20 heavy (non-hydrogen) atoms. The minimum absolute atomic E-state index is 0.0359. The number of carbonyl (C=O) groups excluding carboxylic acids is 2. The fourth-order valence-electron chi connectivity index (χ4n) is 2.11. The highest BCUT2D eigenvalue weighted by Crippen LogP contribution is 2.20. The number of carbonyl (C=O) groups is 2. The van der Waals surface area contributed by atoms with Crippen LogP contribution in [0.4, 0.5) is 0 Å². The van der Waals surface area contributed by atoms with Crippen molar-refractivity contribution in [2.45, 2.75) is 20.8 Å². The third-order valence-corrected chi connectivity index (χ3v) is 4.01. The Morgan fingerprint density at radius 2 is 1.95 bits per heavy atom. The molecular formula is C15H14NO3S-. The van der Waals surface area contributed by atoms with Gasteiger partial charge in [-0.25, -0.2) is 0 Å². The number of aromatic nitrogens is 1. The van der Waals surface area contributed by atoms with Crippen molar-refractivity contribution < 1.29 is 14.7 Å². The summed E-state index contributed by atoms with van der Waals surface area (Å²) >= 11 is 1.59. The number of H-pyrrole nitrogens is 1. The number of rotatable bonds is 4. The van der Waals surface area contributed by atoms with Crippen LogP contribution in [0.3, 0.4) is 0 Å². The molecule has 0 aliphatic heterocycles. The molecule has 0 aliphatic carbocycles. The third kappa shape index (κ3) is 2.72. The maximum Gasteiger partial charge on any atom is 0.187 e. The van der Waals surface area contributed by atoms with Crippen LogP contribution in [-0.2, 0) is 0 Å². The normalized spacial score (nSPS) is 11.2. The van der Waals surface area contributed by atoms with Gasteiger partial charge in [0.2, 0.25) is 0 Å². The highest BCUT2D eigenvalue weighted by Gasteiger charge is 2.16. The summed E-state index contributed by atoms with van der Waals surface area (Å²) in [7, 11) is 0. The molecular weight excluding hydrogens is 274 g/mol. The summed E-state index contributed by atoms with van der Waals surface area (Å²) < 4.78 is 0. The summed E-state index contributed by atoms with van der Waals surface area (Å²) in [6.45, 7) is 5.28. The summed E-state index contributed by atoms with van der Waals surface area (Å²) in [6, 6.07) is 3.92. The Kier molecular flexibility index (Phi) is 3.90. The SMILES string of the molecule is Cc1ccc(/C=C/C(=O)c2c(C)[nH]c(C(=O)[O-])c2C)s1. The predicted molar refractivity (Wildman–Crippen MR) is 77.0 cm³/mol. The van der Waals surface area contributed by atoms with Crippen molar-refractivity contribution in [1.82, 2.24) is 4.98 Å². The molecule has 0 aromatic carbocycles. The molecule has 0 aliphatic rings. The zero-order chi connectivity index (χ0) is 14.9. The van der Waals surface area contributed by atoms with E-state index in [9.17, 15) is 14.7 Å². The number of ketones is 1. The molecule has 0 spiro atoms. The van der Waals surface area contributed by atoms with Crippen molar-refractivity contribution in [2.75, 3.05) is 0 Å². The number of hydrogen-bond donors (Lipinski definition) is 1. The number of nitrogens with one attached hydrogen (secondary N) is 1. The topological polar surface area (TPSA) is 73.0 Å². The minimum atomic E-state index is -1.30. The largest absolute Gasteiger partial charge is 0.543 e. The molecule has 0 fully saturated rings. The Morgan fingerprint density at radius 1 is 1.25 bits per heavy atom. The number of hydrogen-bond acceptors (Lipinski definition) is 4. The van der Waals surface area contributed by atoms with E-state index in [1.54, 1.807) is 31.3 Å². The summed E-state index contributed by atoms with van der Waals surface area (Å²) in [5.74, 6) is -1.52. The summed E-state index contributed by atoms with van der Waals surface area (Å²) in [5.41, 5.74) is 1.32. The van der Waals surface area contributed by atoms with E-state index in [0.717, 1.165) is 4.88 Å². The Bertz CT molecular complexity index is 707. The molecule has 0 saturated heterocycles. The number of allylic oxidation sites excluding steroid dienone is 1. The first-order valence-electron chi connectivity index (χ1n) is 6.09. The lowest BCUT2D eigenvalue weighted by atomic mass is 10.1. The molecule has 2 heterocycles. The molecule has 0 atom stereocenters. The highest BCUT2D eigenvalue weighted by molar-refractivity contribution is 7.12. The molecule has 4 nitrogen and oxygen atoms in total. The monoisotopic (exact) mass is 288 g/mol.